The van der Waals surface area contributed by atoms with E-state index in [0.29, 0.717) is 13.2 Å². The van der Waals surface area contributed by atoms with Crippen LogP contribution in [0.4, 0.5) is 0 Å². The Kier molecular flexibility index (Phi) is 5.85. The Bertz CT molecular complexity index is 579. The van der Waals surface area contributed by atoms with E-state index < -0.39 is 0 Å². The van der Waals surface area contributed by atoms with Crippen molar-refractivity contribution in [3.05, 3.63) is 65.7 Å². The lowest BCUT2D eigenvalue weighted by molar-refractivity contribution is 0.323. The fourth-order valence-corrected chi connectivity index (χ4v) is 2.12. The summed E-state index contributed by atoms with van der Waals surface area (Å²) in [6, 6.07) is 16.0. The highest BCUT2D eigenvalue weighted by molar-refractivity contribution is 5.50. The Hall–Kier alpha value is -2.26. The van der Waals surface area contributed by atoms with Crippen LogP contribution in [0.1, 0.15) is 11.1 Å². The zero-order chi connectivity index (χ0) is 14.9. The highest BCUT2D eigenvalue weighted by Gasteiger charge is 2.09. The molecule has 0 heterocycles. The third-order valence-corrected chi connectivity index (χ3v) is 3.13. The second-order valence-corrected chi connectivity index (χ2v) is 4.61. The number of benzene rings is 2. The van der Waals surface area contributed by atoms with E-state index in [1.165, 1.54) is 0 Å². The smallest absolute Gasteiger partial charge is 0.164 e. The van der Waals surface area contributed by atoms with Gasteiger partial charge in [0, 0.05) is 0 Å². The van der Waals surface area contributed by atoms with Crippen LogP contribution in [0.25, 0.3) is 6.08 Å². The molecule has 0 aromatic heterocycles. The summed E-state index contributed by atoms with van der Waals surface area (Å²) in [6.45, 7) is 1.08. The van der Waals surface area contributed by atoms with Crippen molar-refractivity contribution in [3.8, 4) is 11.5 Å². The van der Waals surface area contributed by atoms with Crippen molar-refractivity contribution in [1.29, 1.82) is 0 Å². The summed E-state index contributed by atoms with van der Waals surface area (Å²) in [6.07, 6.45) is 4.81. The lowest BCUT2D eigenvalue weighted by Crippen LogP contribution is -2.06. The van der Waals surface area contributed by atoms with Gasteiger partial charge in [0.2, 0.25) is 0 Å². The quantitative estimate of drug-likeness (QED) is 0.848. The topological polar surface area (TPSA) is 44.5 Å². The minimum absolute atomic E-state index is 0.493. The Morgan fingerprint density at radius 1 is 1.05 bits per heavy atom. The van der Waals surface area contributed by atoms with Crippen molar-refractivity contribution >= 4 is 6.08 Å². The lowest BCUT2D eigenvalue weighted by atomic mass is 10.1. The van der Waals surface area contributed by atoms with Gasteiger partial charge >= 0.3 is 0 Å². The van der Waals surface area contributed by atoms with E-state index in [1.807, 2.05) is 48.6 Å². The van der Waals surface area contributed by atoms with Crippen LogP contribution in [0.15, 0.2) is 54.6 Å². The number of nitrogens with two attached hydrogens (primary N) is 1. The Balaban J connectivity index is 2.03. The summed E-state index contributed by atoms with van der Waals surface area (Å²) in [4.78, 5) is 0. The van der Waals surface area contributed by atoms with E-state index in [0.717, 1.165) is 29.0 Å². The predicted molar refractivity (Wildman–Crippen MR) is 86.7 cm³/mol. The van der Waals surface area contributed by atoms with Crippen LogP contribution in [0.5, 0.6) is 11.5 Å². The molecule has 3 heteroatoms. The standard InChI is InChI=1S/C18H21NO2/c1-20-17-11-5-10-16(12-13-19)18(17)21-14-6-9-15-7-3-2-4-8-15/h2-11H,12-14,19H2,1H3/b9-6+. The molecule has 0 radical (unpaired) electrons. The van der Waals surface area contributed by atoms with Gasteiger partial charge in [0.1, 0.15) is 6.61 Å². The molecule has 2 aromatic rings. The molecule has 0 bridgehead atoms. The van der Waals surface area contributed by atoms with Crippen molar-refractivity contribution in [2.24, 2.45) is 5.73 Å². The molecule has 0 unspecified atom stereocenters. The molecule has 0 spiro atoms. The van der Waals surface area contributed by atoms with E-state index in [-0.39, 0.29) is 0 Å². The molecule has 0 aliphatic heterocycles. The minimum Gasteiger partial charge on any atom is -0.493 e. The van der Waals surface area contributed by atoms with Crippen LogP contribution >= 0.6 is 0 Å². The SMILES string of the molecule is COc1cccc(CCN)c1OC/C=C/c1ccccc1. The van der Waals surface area contributed by atoms with Gasteiger partial charge in [0.05, 0.1) is 7.11 Å². The first-order valence-corrected chi connectivity index (χ1v) is 7.05. The Morgan fingerprint density at radius 3 is 2.57 bits per heavy atom. The van der Waals surface area contributed by atoms with Crippen LogP contribution in [0.3, 0.4) is 0 Å². The van der Waals surface area contributed by atoms with Crippen LogP contribution in [-0.4, -0.2) is 20.3 Å². The Labute approximate surface area is 126 Å². The number of methoxy groups -OCH3 is 1. The van der Waals surface area contributed by atoms with Gasteiger partial charge in [-0.25, -0.2) is 0 Å². The second kappa shape index (κ2) is 8.12. The molecule has 3 nitrogen and oxygen atoms in total. The first kappa shape index (κ1) is 15.1. The fraction of sp³-hybridized carbons (Fsp3) is 0.222. The van der Waals surface area contributed by atoms with Crippen LogP contribution in [-0.2, 0) is 6.42 Å². The minimum atomic E-state index is 0.493. The molecular weight excluding hydrogens is 262 g/mol. The number of hydrogen-bond acceptors (Lipinski definition) is 3. The van der Waals surface area contributed by atoms with E-state index in [1.54, 1.807) is 7.11 Å². The average Bonchev–Trinajstić information content (AvgIpc) is 2.53. The first-order valence-electron chi connectivity index (χ1n) is 7.05. The largest absolute Gasteiger partial charge is 0.493 e. The molecule has 0 fully saturated rings. The zero-order valence-electron chi connectivity index (χ0n) is 12.3. The summed E-state index contributed by atoms with van der Waals surface area (Å²) < 4.78 is 11.2. The second-order valence-electron chi connectivity index (χ2n) is 4.61. The number of para-hydroxylation sites is 1. The van der Waals surface area contributed by atoms with Crippen molar-refractivity contribution in [2.75, 3.05) is 20.3 Å². The van der Waals surface area contributed by atoms with E-state index in [2.05, 4.69) is 12.1 Å². The van der Waals surface area contributed by atoms with E-state index in [9.17, 15) is 0 Å². The molecule has 0 amide bonds. The van der Waals surface area contributed by atoms with Gasteiger partial charge in [-0.1, -0.05) is 48.5 Å². The van der Waals surface area contributed by atoms with Gasteiger partial charge < -0.3 is 15.2 Å². The van der Waals surface area contributed by atoms with Crippen LogP contribution in [0.2, 0.25) is 0 Å². The first-order chi connectivity index (χ1) is 10.3. The van der Waals surface area contributed by atoms with Crippen molar-refractivity contribution < 1.29 is 9.47 Å². The zero-order valence-corrected chi connectivity index (χ0v) is 12.3. The lowest BCUT2D eigenvalue weighted by Gasteiger charge is -2.13. The van der Waals surface area contributed by atoms with Gasteiger partial charge in [-0.05, 0) is 36.2 Å². The Morgan fingerprint density at radius 2 is 1.86 bits per heavy atom. The van der Waals surface area contributed by atoms with Crippen molar-refractivity contribution in [3.63, 3.8) is 0 Å². The summed E-state index contributed by atoms with van der Waals surface area (Å²) in [7, 11) is 1.65. The normalized spacial score (nSPS) is 10.8. The molecule has 110 valence electrons. The average molecular weight is 283 g/mol. The summed E-state index contributed by atoms with van der Waals surface area (Å²) in [5.74, 6) is 1.53. The number of ether oxygens (including phenoxy) is 2. The molecule has 2 N–H and O–H groups in total. The van der Waals surface area contributed by atoms with Crippen molar-refractivity contribution in [2.45, 2.75) is 6.42 Å². The maximum Gasteiger partial charge on any atom is 0.164 e. The highest BCUT2D eigenvalue weighted by atomic mass is 16.5. The molecule has 0 saturated heterocycles. The highest BCUT2D eigenvalue weighted by Crippen LogP contribution is 2.31. The third kappa shape index (κ3) is 4.36. The van der Waals surface area contributed by atoms with Gasteiger partial charge in [-0.2, -0.15) is 0 Å². The fourth-order valence-electron chi connectivity index (χ4n) is 2.12. The van der Waals surface area contributed by atoms with E-state index >= 15 is 0 Å². The molecule has 0 saturated carbocycles. The maximum atomic E-state index is 5.87. The number of hydrogen-bond donors (Lipinski definition) is 1. The number of rotatable bonds is 7. The molecule has 2 aromatic carbocycles. The molecule has 0 atom stereocenters. The van der Waals surface area contributed by atoms with Gasteiger partial charge in [-0.15, -0.1) is 0 Å². The van der Waals surface area contributed by atoms with Gasteiger partial charge in [-0.3, -0.25) is 0 Å². The third-order valence-electron chi connectivity index (χ3n) is 3.13. The monoisotopic (exact) mass is 283 g/mol. The van der Waals surface area contributed by atoms with E-state index in [4.69, 9.17) is 15.2 Å². The van der Waals surface area contributed by atoms with Crippen LogP contribution < -0.4 is 15.2 Å². The summed E-state index contributed by atoms with van der Waals surface area (Å²) in [5, 5.41) is 0. The summed E-state index contributed by atoms with van der Waals surface area (Å²) in [5.41, 5.74) is 7.87. The van der Waals surface area contributed by atoms with Gasteiger partial charge in [0.15, 0.2) is 11.5 Å². The molecule has 0 aliphatic carbocycles. The molecule has 2 rings (SSSR count). The van der Waals surface area contributed by atoms with Crippen LogP contribution in [0, 0.1) is 0 Å². The van der Waals surface area contributed by atoms with Gasteiger partial charge in [0.25, 0.3) is 0 Å². The molecule has 0 aliphatic rings. The molecule has 21 heavy (non-hydrogen) atoms. The molecular formula is C18H21NO2. The predicted octanol–water partition coefficient (Wildman–Crippen LogP) is 3.29. The summed E-state index contributed by atoms with van der Waals surface area (Å²) >= 11 is 0. The van der Waals surface area contributed by atoms with Crippen molar-refractivity contribution in [1.82, 2.24) is 0 Å². The maximum absolute atomic E-state index is 5.87.